The Balaban J connectivity index is 1.71. The lowest BCUT2D eigenvalue weighted by Crippen LogP contribution is -2.45. The van der Waals surface area contributed by atoms with Gasteiger partial charge in [-0.15, -0.1) is 0 Å². The summed E-state index contributed by atoms with van der Waals surface area (Å²) in [5.74, 6) is 0.639. The summed E-state index contributed by atoms with van der Waals surface area (Å²) in [5, 5.41) is 6.69. The fourth-order valence-corrected chi connectivity index (χ4v) is 3.00. The molecule has 2 rings (SSSR count). The Bertz CT molecular complexity index is 489. The summed E-state index contributed by atoms with van der Waals surface area (Å²) in [5.41, 5.74) is 0.996. The highest BCUT2D eigenvalue weighted by Crippen LogP contribution is 2.15. The van der Waals surface area contributed by atoms with Crippen molar-refractivity contribution >= 4 is 5.96 Å². The number of nitrogens with one attached hydrogen (secondary N) is 2. The average molecular weight is 306 g/mol. The van der Waals surface area contributed by atoms with Crippen LogP contribution in [0.1, 0.15) is 25.3 Å². The number of nitrogens with zero attached hydrogens (tertiary/aromatic N) is 2. The molecular formula is C17H27FN4. The Morgan fingerprint density at radius 2 is 2.27 bits per heavy atom. The van der Waals surface area contributed by atoms with Crippen LogP contribution in [-0.2, 0) is 6.42 Å². The number of hydrogen-bond acceptors (Lipinski definition) is 2. The van der Waals surface area contributed by atoms with Gasteiger partial charge in [0.15, 0.2) is 5.96 Å². The Morgan fingerprint density at radius 1 is 1.41 bits per heavy atom. The van der Waals surface area contributed by atoms with E-state index in [4.69, 9.17) is 0 Å². The maximum Gasteiger partial charge on any atom is 0.191 e. The third-order valence-electron chi connectivity index (χ3n) is 4.23. The number of hydrogen-bond donors (Lipinski definition) is 2. The molecule has 1 unspecified atom stereocenters. The molecule has 5 heteroatoms. The SMILES string of the molecule is CCN1CCCC1CNC(=NC)NCCc1cccc(F)c1. The number of likely N-dealkylation sites (tertiary alicyclic amines) is 1. The van der Waals surface area contributed by atoms with Crippen molar-refractivity contribution < 1.29 is 4.39 Å². The predicted molar refractivity (Wildman–Crippen MR) is 89.7 cm³/mol. The molecule has 4 nitrogen and oxygen atoms in total. The van der Waals surface area contributed by atoms with E-state index in [0.29, 0.717) is 6.04 Å². The van der Waals surface area contributed by atoms with Crippen LogP contribution >= 0.6 is 0 Å². The molecule has 1 aliphatic heterocycles. The number of halogens is 1. The van der Waals surface area contributed by atoms with Gasteiger partial charge in [0.1, 0.15) is 5.82 Å². The van der Waals surface area contributed by atoms with Crippen LogP contribution in [0.25, 0.3) is 0 Å². The number of benzene rings is 1. The molecule has 1 aromatic carbocycles. The summed E-state index contributed by atoms with van der Waals surface area (Å²) in [4.78, 5) is 6.76. The van der Waals surface area contributed by atoms with Crippen molar-refractivity contribution in [1.82, 2.24) is 15.5 Å². The largest absolute Gasteiger partial charge is 0.356 e. The molecule has 1 heterocycles. The van der Waals surface area contributed by atoms with Crippen molar-refractivity contribution in [2.24, 2.45) is 4.99 Å². The Hall–Kier alpha value is -1.62. The molecule has 2 N–H and O–H groups in total. The third kappa shape index (κ3) is 4.98. The average Bonchev–Trinajstić information content (AvgIpc) is 2.98. The normalized spacial score (nSPS) is 19.4. The van der Waals surface area contributed by atoms with Crippen molar-refractivity contribution in [3.05, 3.63) is 35.6 Å². The smallest absolute Gasteiger partial charge is 0.191 e. The van der Waals surface area contributed by atoms with E-state index in [9.17, 15) is 4.39 Å². The molecule has 1 atom stereocenters. The molecule has 0 aromatic heterocycles. The van der Waals surface area contributed by atoms with Gasteiger partial charge in [0.05, 0.1) is 0 Å². The van der Waals surface area contributed by atoms with E-state index in [1.54, 1.807) is 19.2 Å². The van der Waals surface area contributed by atoms with Crippen LogP contribution in [0.15, 0.2) is 29.3 Å². The molecule has 0 aliphatic carbocycles. The molecule has 0 bridgehead atoms. The highest BCUT2D eigenvalue weighted by molar-refractivity contribution is 5.79. The van der Waals surface area contributed by atoms with E-state index in [0.717, 1.165) is 37.6 Å². The topological polar surface area (TPSA) is 39.7 Å². The molecule has 1 fully saturated rings. The van der Waals surface area contributed by atoms with Crippen molar-refractivity contribution in [3.8, 4) is 0 Å². The molecule has 122 valence electrons. The summed E-state index contributed by atoms with van der Waals surface area (Å²) < 4.78 is 13.1. The van der Waals surface area contributed by atoms with Gasteiger partial charge >= 0.3 is 0 Å². The minimum absolute atomic E-state index is 0.180. The van der Waals surface area contributed by atoms with E-state index in [-0.39, 0.29) is 5.82 Å². The van der Waals surface area contributed by atoms with Gasteiger partial charge in [-0.05, 0) is 50.0 Å². The van der Waals surface area contributed by atoms with Crippen LogP contribution in [0.4, 0.5) is 4.39 Å². The highest BCUT2D eigenvalue weighted by atomic mass is 19.1. The van der Waals surface area contributed by atoms with Crippen LogP contribution in [0.2, 0.25) is 0 Å². The minimum Gasteiger partial charge on any atom is -0.356 e. The maximum atomic E-state index is 13.1. The van der Waals surface area contributed by atoms with Crippen LogP contribution in [-0.4, -0.2) is 50.1 Å². The van der Waals surface area contributed by atoms with Gasteiger partial charge in [-0.1, -0.05) is 19.1 Å². The van der Waals surface area contributed by atoms with E-state index >= 15 is 0 Å². The number of aliphatic imine (C=N–C) groups is 1. The standard InChI is InChI=1S/C17H27FN4/c1-3-22-11-5-8-16(22)13-21-17(19-2)20-10-9-14-6-4-7-15(18)12-14/h4,6-7,12,16H,3,5,8-11,13H2,1-2H3,(H2,19,20,21). The Morgan fingerprint density at radius 3 is 3.00 bits per heavy atom. The van der Waals surface area contributed by atoms with E-state index in [1.165, 1.54) is 25.5 Å². The first-order valence-corrected chi connectivity index (χ1v) is 8.16. The first kappa shape index (κ1) is 16.7. The second kappa shape index (κ2) is 8.73. The summed E-state index contributed by atoms with van der Waals surface area (Å²) in [6.07, 6.45) is 3.32. The zero-order chi connectivity index (χ0) is 15.8. The second-order valence-electron chi connectivity index (χ2n) is 5.68. The fourth-order valence-electron chi connectivity index (χ4n) is 3.00. The van der Waals surface area contributed by atoms with Gasteiger partial charge in [0.2, 0.25) is 0 Å². The molecule has 1 saturated heterocycles. The highest BCUT2D eigenvalue weighted by Gasteiger charge is 2.22. The predicted octanol–water partition coefficient (Wildman–Crippen LogP) is 2.02. The zero-order valence-corrected chi connectivity index (χ0v) is 13.6. The van der Waals surface area contributed by atoms with E-state index in [2.05, 4.69) is 27.4 Å². The van der Waals surface area contributed by atoms with Gasteiger partial charge < -0.3 is 10.6 Å². The third-order valence-corrected chi connectivity index (χ3v) is 4.23. The molecule has 22 heavy (non-hydrogen) atoms. The molecule has 0 spiro atoms. The van der Waals surface area contributed by atoms with Gasteiger partial charge in [-0.2, -0.15) is 0 Å². The molecule has 0 saturated carbocycles. The van der Waals surface area contributed by atoms with E-state index in [1.807, 2.05) is 6.07 Å². The maximum absolute atomic E-state index is 13.1. The van der Waals surface area contributed by atoms with Gasteiger partial charge in [0.25, 0.3) is 0 Å². The zero-order valence-electron chi connectivity index (χ0n) is 13.6. The monoisotopic (exact) mass is 306 g/mol. The van der Waals surface area contributed by atoms with Gasteiger partial charge in [-0.25, -0.2) is 4.39 Å². The van der Waals surface area contributed by atoms with Crippen molar-refractivity contribution in [2.75, 3.05) is 33.2 Å². The van der Waals surface area contributed by atoms with Crippen LogP contribution in [0.5, 0.6) is 0 Å². The minimum atomic E-state index is -0.180. The number of rotatable bonds is 6. The van der Waals surface area contributed by atoms with Crippen molar-refractivity contribution in [3.63, 3.8) is 0 Å². The lowest BCUT2D eigenvalue weighted by Gasteiger charge is -2.24. The molecule has 0 radical (unpaired) electrons. The lowest BCUT2D eigenvalue weighted by molar-refractivity contribution is 0.267. The Labute approximate surface area is 132 Å². The summed E-state index contributed by atoms with van der Waals surface area (Å²) in [7, 11) is 1.78. The van der Waals surface area contributed by atoms with Crippen LogP contribution in [0.3, 0.4) is 0 Å². The fraction of sp³-hybridized carbons (Fsp3) is 0.588. The van der Waals surface area contributed by atoms with Crippen LogP contribution in [0, 0.1) is 5.82 Å². The first-order valence-electron chi connectivity index (χ1n) is 8.16. The van der Waals surface area contributed by atoms with Gasteiger partial charge in [-0.3, -0.25) is 9.89 Å². The molecular weight excluding hydrogens is 279 g/mol. The summed E-state index contributed by atoms with van der Waals surface area (Å²) in [6, 6.07) is 7.34. The number of guanidine groups is 1. The molecule has 1 aliphatic rings. The lowest BCUT2D eigenvalue weighted by atomic mass is 10.1. The second-order valence-corrected chi connectivity index (χ2v) is 5.68. The van der Waals surface area contributed by atoms with Gasteiger partial charge in [0, 0.05) is 26.2 Å². The number of likely N-dealkylation sites (N-methyl/N-ethyl adjacent to an activating group) is 1. The molecule has 1 aromatic rings. The van der Waals surface area contributed by atoms with E-state index < -0.39 is 0 Å². The Kier molecular flexibility index (Phi) is 6.65. The van der Waals surface area contributed by atoms with Crippen molar-refractivity contribution in [2.45, 2.75) is 32.2 Å². The quantitative estimate of drug-likeness (QED) is 0.624. The molecule has 0 amide bonds. The first-order chi connectivity index (χ1) is 10.7. The van der Waals surface area contributed by atoms with Crippen LogP contribution < -0.4 is 10.6 Å². The summed E-state index contributed by atoms with van der Waals surface area (Å²) in [6.45, 7) is 6.19. The van der Waals surface area contributed by atoms with Crippen molar-refractivity contribution in [1.29, 1.82) is 0 Å². The summed E-state index contributed by atoms with van der Waals surface area (Å²) >= 11 is 0.